The van der Waals surface area contributed by atoms with Gasteiger partial charge in [-0.25, -0.2) is 10.2 Å². The van der Waals surface area contributed by atoms with E-state index in [1.807, 2.05) is 54.6 Å². The second-order valence-corrected chi connectivity index (χ2v) is 9.89. The molecule has 0 saturated heterocycles. The number of hydrazine groups is 1. The second kappa shape index (κ2) is 13.5. The van der Waals surface area contributed by atoms with Gasteiger partial charge in [-0.05, 0) is 41.3 Å². The summed E-state index contributed by atoms with van der Waals surface area (Å²) in [6.45, 7) is 1.50. The number of carbonyl (C=O) groups is 2. The Morgan fingerprint density at radius 3 is 1.93 bits per heavy atom. The highest BCUT2D eigenvalue weighted by Crippen LogP contribution is 2.18. The van der Waals surface area contributed by atoms with Crippen LogP contribution in [0.25, 0.3) is 11.0 Å². The minimum absolute atomic E-state index is 0.121. The third kappa shape index (κ3) is 7.49. The van der Waals surface area contributed by atoms with Gasteiger partial charge in [-0.1, -0.05) is 91.0 Å². The van der Waals surface area contributed by atoms with E-state index < -0.39 is 12.0 Å². The summed E-state index contributed by atoms with van der Waals surface area (Å²) in [5.41, 5.74) is 9.96. The van der Waals surface area contributed by atoms with Crippen molar-refractivity contribution in [3.05, 3.63) is 131 Å². The maximum atomic E-state index is 12.7. The number of rotatable bonds is 10. The average molecular weight is 552 g/mol. The van der Waals surface area contributed by atoms with E-state index in [2.05, 4.69) is 60.9 Å². The lowest BCUT2D eigenvalue weighted by atomic mass is 10.0. The molecular formula is C31H29N5O3S. The first-order valence-corrected chi connectivity index (χ1v) is 13.7. The third-order valence-electron chi connectivity index (χ3n) is 6.49. The molecule has 0 saturated carbocycles. The lowest BCUT2D eigenvalue weighted by Crippen LogP contribution is -2.45. The smallest absolute Gasteiger partial charge is 0.426 e. The highest BCUT2D eigenvalue weighted by Gasteiger charge is 2.22. The Bertz CT molecular complexity index is 1490. The Morgan fingerprint density at radius 2 is 1.30 bits per heavy atom. The van der Waals surface area contributed by atoms with Gasteiger partial charge in [0.1, 0.15) is 17.6 Å². The van der Waals surface area contributed by atoms with Gasteiger partial charge in [0, 0.05) is 24.7 Å². The Morgan fingerprint density at radius 1 is 0.725 bits per heavy atom. The molecule has 2 N–H and O–H groups in total. The van der Waals surface area contributed by atoms with E-state index in [4.69, 9.17) is 4.74 Å². The average Bonchev–Trinajstić information content (AvgIpc) is 3.47. The van der Waals surface area contributed by atoms with Crippen LogP contribution in [0.4, 0.5) is 4.79 Å². The van der Waals surface area contributed by atoms with Crippen molar-refractivity contribution in [3.8, 4) is 0 Å². The summed E-state index contributed by atoms with van der Waals surface area (Å²) in [6, 6.07) is 35.5. The largest absolute Gasteiger partial charge is 0.447 e. The number of carbonyl (C=O) groups excluding carboxylic acids is 2. The van der Waals surface area contributed by atoms with Gasteiger partial charge in [0.15, 0.2) is 0 Å². The van der Waals surface area contributed by atoms with Crippen molar-refractivity contribution in [2.75, 3.05) is 6.61 Å². The molecule has 0 spiro atoms. The monoisotopic (exact) mass is 551 g/mol. The van der Waals surface area contributed by atoms with Crippen LogP contribution < -0.4 is 10.9 Å². The molecule has 40 heavy (non-hydrogen) atoms. The van der Waals surface area contributed by atoms with Crippen molar-refractivity contribution >= 4 is 34.8 Å². The maximum absolute atomic E-state index is 12.7. The standard InChI is InChI=1S/C31H29N5O3S/c37-30(26-16-17-28-29(19-26)35-40-34-28)32-33-31(38)39-22-27(18-23-10-4-1-5-11-23)36(20-24-12-6-2-7-13-24)21-25-14-8-3-9-15-25/h1-17,19,27H,18,20-22H2,(H,32,37)(H,33,38). The number of aromatic nitrogens is 2. The van der Waals surface area contributed by atoms with Crippen molar-refractivity contribution in [1.29, 1.82) is 0 Å². The molecule has 0 aliphatic carbocycles. The Labute approximate surface area is 236 Å². The number of nitrogens with one attached hydrogen (secondary N) is 2. The zero-order valence-corrected chi connectivity index (χ0v) is 22.6. The first-order valence-electron chi connectivity index (χ1n) is 13.0. The fourth-order valence-electron chi connectivity index (χ4n) is 4.44. The molecule has 0 radical (unpaired) electrons. The second-order valence-electron chi connectivity index (χ2n) is 9.37. The van der Waals surface area contributed by atoms with Gasteiger partial charge < -0.3 is 4.74 Å². The van der Waals surface area contributed by atoms with Crippen LogP contribution in [0.3, 0.4) is 0 Å². The fourth-order valence-corrected chi connectivity index (χ4v) is 4.96. The zero-order valence-electron chi connectivity index (χ0n) is 21.8. The molecule has 0 bridgehead atoms. The van der Waals surface area contributed by atoms with Crippen LogP contribution in [0.2, 0.25) is 0 Å². The van der Waals surface area contributed by atoms with E-state index in [1.165, 1.54) is 11.1 Å². The first kappa shape index (κ1) is 27.0. The van der Waals surface area contributed by atoms with Gasteiger partial charge in [0.2, 0.25) is 0 Å². The van der Waals surface area contributed by atoms with E-state index in [0.717, 1.165) is 17.3 Å². The maximum Gasteiger partial charge on any atom is 0.426 e. The number of fused-ring (bicyclic) bond motifs is 1. The van der Waals surface area contributed by atoms with Gasteiger partial charge in [-0.15, -0.1) is 0 Å². The quantitative estimate of drug-likeness (QED) is 0.226. The predicted molar refractivity (Wildman–Crippen MR) is 155 cm³/mol. The topological polar surface area (TPSA) is 96.5 Å². The number of hydrogen-bond donors (Lipinski definition) is 2. The van der Waals surface area contributed by atoms with Crippen molar-refractivity contribution in [1.82, 2.24) is 24.5 Å². The Hall–Kier alpha value is -4.60. The summed E-state index contributed by atoms with van der Waals surface area (Å²) in [5.74, 6) is -0.470. The highest BCUT2D eigenvalue weighted by atomic mass is 32.1. The predicted octanol–water partition coefficient (Wildman–Crippen LogP) is 5.38. The summed E-state index contributed by atoms with van der Waals surface area (Å²) in [6.07, 6.45) is -0.0517. The molecule has 1 aromatic heterocycles. The molecule has 5 rings (SSSR count). The number of ether oxygens (including phenoxy) is 1. The third-order valence-corrected chi connectivity index (χ3v) is 7.05. The normalized spacial score (nSPS) is 11.7. The van der Waals surface area contributed by atoms with Crippen LogP contribution in [-0.4, -0.2) is 38.3 Å². The van der Waals surface area contributed by atoms with Crippen LogP contribution in [0, 0.1) is 0 Å². The Balaban J connectivity index is 1.27. The summed E-state index contributed by atoms with van der Waals surface area (Å²) in [5, 5.41) is 0. The molecule has 4 aromatic carbocycles. The molecule has 1 unspecified atom stereocenters. The van der Waals surface area contributed by atoms with Crippen molar-refractivity contribution in [2.45, 2.75) is 25.6 Å². The van der Waals surface area contributed by atoms with Crippen molar-refractivity contribution in [3.63, 3.8) is 0 Å². The van der Waals surface area contributed by atoms with Crippen molar-refractivity contribution in [2.24, 2.45) is 0 Å². The number of benzene rings is 4. The van der Waals surface area contributed by atoms with E-state index in [-0.39, 0.29) is 12.6 Å². The SMILES string of the molecule is O=C(NNC(=O)c1ccc2nsnc2c1)OCC(Cc1ccccc1)N(Cc1ccccc1)Cc1ccccc1. The minimum Gasteiger partial charge on any atom is -0.447 e. The van der Waals surface area contributed by atoms with E-state index in [9.17, 15) is 9.59 Å². The van der Waals surface area contributed by atoms with Gasteiger partial charge in [-0.3, -0.25) is 15.1 Å². The highest BCUT2D eigenvalue weighted by molar-refractivity contribution is 7.00. The molecule has 0 aliphatic heterocycles. The molecular weight excluding hydrogens is 522 g/mol. The molecule has 8 nitrogen and oxygen atoms in total. The Kier molecular flexibility index (Phi) is 9.08. The van der Waals surface area contributed by atoms with Gasteiger partial charge in [0.25, 0.3) is 5.91 Å². The van der Waals surface area contributed by atoms with E-state index in [1.54, 1.807) is 18.2 Å². The van der Waals surface area contributed by atoms with Gasteiger partial charge >= 0.3 is 6.09 Å². The van der Waals surface area contributed by atoms with E-state index >= 15 is 0 Å². The molecule has 9 heteroatoms. The number of hydrogen-bond acceptors (Lipinski definition) is 7. The number of amides is 2. The van der Waals surface area contributed by atoms with Crippen LogP contribution in [0.15, 0.2) is 109 Å². The molecule has 2 amide bonds. The molecule has 0 fully saturated rings. The summed E-state index contributed by atoms with van der Waals surface area (Å²) in [4.78, 5) is 27.6. The van der Waals surface area contributed by atoms with Crippen LogP contribution >= 0.6 is 11.7 Å². The lowest BCUT2D eigenvalue weighted by Gasteiger charge is -2.32. The number of nitrogens with zero attached hydrogens (tertiary/aromatic N) is 3. The fraction of sp³-hybridized carbons (Fsp3) is 0.161. The molecule has 1 atom stereocenters. The first-order chi connectivity index (χ1) is 19.6. The summed E-state index contributed by atoms with van der Waals surface area (Å²) in [7, 11) is 0. The molecule has 0 aliphatic rings. The van der Waals surface area contributed by atoms with Crippen LogP contribution in [0.1, 0.15) is 27.0 Å². The van der Waals surface area contributed by atoms with Gasteiger partial charge in [-0.2, -0.15) is 8.75 Å². The minimum atomic E-state index is -0.734. The van der Waals surface area contributed by atoms with Crippen LogP contribution in [0.5, 0.6) is 0 Å². The molecule has 1 heterocycles. The molecule has 202 valence electrons. The van der Waals surface area contributed by atoms with Crippen LogP contribution in [-0.2, 0) is 24.2 Å². The summed E-state index contributed by atoms with van der Waals surface area (Å²) >= 11 is 1.08. The molecule has 5 aromatic rings. The van der Waals surface area contributed by atoms with E-state index in [0.29, 0.717) is 36.1 Å². The lowest BCUT2D eigenvalue weighted by molar-refractivity contribution is 0.0748. The zero-order chi connectivity index (χ0) is 27.6. The van der Waals surface area contributed by atoms with Gasteiger partial charge in [0.05, 0.1) is 11.7 Å². The summed E-state index contributed by atoms with van der Waals surface area (Å²) < 4.78 is 13.9. The van der Waals surface area contributed by atoms with Crippen molar-refractivity contribution < 1.29 is 14.3 Å².